The number of hydrogen-bond donors (Lipinski definition) is 0. The van der Waals surface area contributed by atoms with E-state index in [1.165, 1.54) is 0 Å². The second-order valence-corrected chi connectivity index (χ2v) is 5.55. The normalized spacial score (nSPS) is 30.0. The number of ether oxygens (including phenoxy) is 2. The van der Waals surface area contributed by atoms with E-state index in [0.29, 0.717) is 5.92 Å². The van der Waals surface area contributed by atoms with E-state index >= 15 is 0 Å². The third kappa shape index (κ3) is 1.80. The second-order valence-electron chi connectivity index (χ2n) is 4.80. The summed E-state index contributed by atoms with van der Waals surface area (Å²) in [6.45, 7) is 5.89. The molecule has 14 heavy (non-hydrogen) atoms. The van der Waals surface area contributed by atoms with Gasteiger partial charge >= 0.3 is 0 Å². The highest BCUT2D eigenvalue weighted by Gasteiger charge is 2.46. The zero-order valence-corrected chi connectivity index (χ0v) is 9.77. The van der Waals surface area contributed by atoms with Gasteiger partial charge in [0.25, 0.3) is 0 Å². The van der Waals surface area contributed by atoms with Gasteiger partial charge in [0.05, 0.1) is 13.2 Å². The summed E-state index contributed by atoms with van der Waals surface area (Å²) in [4.78, 5) is -0.0272. The summed E-state index contributed by atoms with van der Waals surface area (Å²) in [6.07, 6.45) is 3.92. The van der Waals surface area contributed by atoms with Gasteiger partial charge in [-0.3, -0.25) is 0 Å². The van der Waals surface area contributed by atoms with Crippen molar-refractivity contribution in [2.24, 2.45) is 5.92 Å². The predicted molar refractivity (Wildman–Crippen MR) is 56.5 cm³/mol. The maximum absolute atomic E-state index is 6.56. The number of hydrogen-bond acceptors (Lipinski definition) is 2. The molecule has 0 N–H and O–H groups in total. The number of halogens is 1. The molecule has 0 bridgehead atoms. The van der Waals surface area contributed by atoms with Crippen LogP contribution in [0.5, 0.6) is 0 Å². The Bertz CT molecular complexity index is 193. The van der Waals surface area contributed by atoms with E-state index in [-0.39, 0.29) is 10.7 Å². The molecule has 2 nitrogen and oxygen atoms in total. The van der Waals surface area contributed by atoms with Gasteiger partial charge in [0.15, 0.2) is 5.79 Å². The zero-order chi connectivity index (χ0) is 10.2. The first-order chi connectivity index (χ1) is 6.56. The molecule has 1 aliphatic carbocycles. The predicted octanol–water partition coefficient (Wildman–Crippen LogP) is 2.94. The van der Waals surface area contributed by atoms with E-state index in [0.717, 1.165) is 38.9 Å². The average Bonchev–Trinajstić information content (AvgIpc) is 2.60. The average molecular weight is 219 g/mol. The summed E-state index contributed by atoms with van der Waals surface area (Å²) in [7, 11) is 0. The van der Waals surface area contributed by atoms with Crippen molar-refractivity contribution < 1.29 is 9.47 Å². The van der Waals surface area contributed by atoms with Crippen LogP contribution < -0.4 is 0 Å². The first-order valence-electron chi connectivity index (χ1n) is 5.53. The molecule has 1 aliphatic heterocycles. The van der Waals surface area contributed by atoms with Crippen molar-refractivity contribution in [1.29, 1.82) is 0 Å². The van der Waals surface area contributed by atoms with Gasteiger partial charge in [-0.25, -0.2) is 0 Å². The lowest BCUT2D eigenvalue weighted by Crippen LogP contribution is -2.43. The van der Waals surface area contributed by atoms with E-state index < -0.39 is 0 Å². The van der Waals surface area contributed by atoms with E-state index in [1.54, 1.807) is 0 Å². The van der Waals surface area contributed by atoms with Crippen LogP contribution in [0.25, 0.3) is 0 Å². The first-order valence-corrected chi connectivity index (χ1v) is 5.91. The molecule has 1 spiro atoms. The standard InChI is InChI=1S/C11H19ClO2/c1-9(2)10(12)3-5-11(6-4-10)13-7-8-14-11/h9H,3-8H2,1-2H3. The molecule has 1 heterocycles. The zero-order valence-electron chi connectivity index (χ0n) is 9.01. The van der Waals surface area contributed by atoms with Gasteiger partial charge in [-0.15, -0.1) is 11.6 Å². The fourth-order valence-electron chi connectivity index (χ4n) is 2.41. The first kappa shape index (κ1) is 10.7. The highest BCUT2D eigenvalue weighted by molar-refractivity contribution is 6.24. The lowest BCUT2D eigenvalue weighted by Gasteiger charge is -2.42. The molecule has 0 unspecified atom stereocenters. The molecular formula is C11H19ClO2. The maximum Gasteiger partial charge on any atom is 0.168 e. The van der Waals surface area contributed by atoms with Crippen LogP contribution in [0, 0.1) is 5.92 Å². The minimum atomic E-state index is -0.271. The van der Waals surface area contributed by atoms with Crippen LogP contribution in [0.4, 0.5) is 0 Å². The van der Waals surface area contributed by atoms with Crippen molar-refractivity contribution >= 4 is 11.6 Å². The molecule has 0 atom stereocenters. The molecule has 1 saturated heterocycles. The molecule has 0 aromatic carbocycles. The number of alkyl halides is 1. The molecule has 2 aliphatic rings. The quantitative estimate of drug-likeness (QED) is 0.630. The van der Waals surface area contributed by atoms with Crippen molar-refractivity contribution in [2.75, 3.05) is 13.2 Å². The monoisotopic (exact) mass is 218 g/mol. The van der Waals surface area contributed by atoms with Crippen molar-refractivity contribution in [3.8, 4) is 0 Å². The van der Waals surface area contributed by atoms with E-state index in [2.05, 4.69) is 13.8 Å². The Morgan fingerprint density at radius 3 is 1.93 bits per heavy atom. The van der Waals surface area contributed by atoms with Crippen molar-refractivity contribution in [1.82, 2.24) is 0 Å². The molecule has 0 aromatic rings. The topological polar surface area (TPSA) is 18.5 Å². The largest absolute Gasteiger partial charge is 0.348 e. The van der Waals surface area contributed by atoms with Crippen LogP contribution in [0.2, 0.25) is 0 Å². The Kier molecular flexibility index (Phi) is 2.80. The molecular weight excluding hydrogens is 200 g/mol. The lowest BCUT2D eigenvalue weighted by atomic mass is 9.78. The third-order valence-electron chi connectivity index (χ3n) is 3.69. The van der Waals surface area contributed by atoms with Crippen LogP contribution in [-0.2, 0) is 9.47 Å². The summed E-state index contributed by atoms with van der Waals surface area (Å²) >= 11 is 6.56. The SMILES string of the molecule is CC(C)C1(Cl)CCC2(CC1)OCCO2. The second kappa shape index (κ2) is 3.66. The molecule has 0 aromatic heterocycles. The Labute approximate surface area is 90.9 Å². The van der Waals surface area contributed by atoms with Crippen molar-refractivity contribution in [2.45, 2.75) is 50.2 Å². The van der Waals surface area contributed by atoms with Gasteiger partial charge in [0.1, 0.15) is 0 Å². The smallest absolute Gasteiger partial charge is 0.168 e. The van der Waals surface area contributed by atoms with E-state index in [1.807, 2.05) is 0 Å². The molecule has 1 saturated carbocycles. The van der Waals surface area contributed by atoms with Gasteiger partial charge in [-0.05, 0) is 18.8 Å². The molecule has 82 valence electrons. The van der Waals surface area contributed by atoms with Crippen LogP contribution in [-0.4, -0.2) is 23.9 Å². The van der Waals surface area contributed by atoms with Crippen LogP contribution in [0.3, 0.4) is 0 Å². The Hall–Kier alpha value is 0.210. The molecule has 3 heteroatoms. The summed E-state index contributed by atoms with van der Waals surface area (Å²) < 4.78 is 11.3. The highest BCUT2D eigenvalue weighted by atomic mass is 35.5. The van der Waals surface area contributed by atoms with Gasteiger partial charge in [-0.2, -0.15) is 0 Å². The highest BCUT2D eigenvalue weighted by Crippen LogP contribution is 2.46. The molecule has 0 amide bonds. The van der Waals surface area contributed by atoms with Crippen LogP contribution in [0.1, 0.15) is 39.5 Å². The Morgan fingerprint density at radius 1 is 1.00 bits per heavy atom. The van der Waals surface area contributed by atoms with Gasteiger partial charge in [0, 0.05) is 17.7 Å². The molecule has 2 rings (SSSR count). The Morgan fingerprint density at radius 2 is 1.50 bits per heavy atom. The third-order valence-corrected chi connectivity index (χ3v) is 4.51. The summed E-state index contributed by atoms with van der Waals surface area (Å²) in [5, 5.41) is 0. The fourth-order valence-corrected chi connectivity index (χ4v) is 2.60. The van der Waals surface area contributed by atoms with Gasteiger partial charge < -0.3 is 9.47 Å². The molecule has 0 radical (unpaired) electrons. The summed E-state index contributed by atoms with van der Waals surface area (Å²) in [5.74, 6) is 0.260. The fraction of sp³-hybridized carbons (Fsp3) is 1.00. The Balaban J connectivity index is 1.97. The van der Waals surface area contributed by atoms with Crippen LogP contribution >= 0.6 is 11.6 Å². The van der Waals surface area contributed by atoms with Crippen molar-refractivity contribution in [3.63, 3.8) is 0 Å². The molecule has 2 fully saturated rings. The minimum Gasteiger partial charge on any atom is -0.348 e. The van der Waals surface area contributed by atoms with E-state index in [4.69, 9.17) is 21.1 Å². The van der Waals surface area contributed by atoms with Gasteiger partial charge in [-0.1, -0.05) is 13.8 Å². The van der Waals surface area contributed by atoms with E-state index in [9.17, 15) is 0 Å². The van der Waals surface area contributed by atoms with Crippen LogP contribution in [0.15, 0.2) is 0 Å². The maximum atomic E-state index is 6.56. The van der Waals surface area contributed by atoms with Gasteiger partial charge in [0.2, 0.25) is 0 Å². The minimum absolute atomic E-state index is 0.0272. The summed E-state index contributed by atoms with van der Waals surface area (Å²) in [6, 6.07) is 0. The number of rotatable bonds is 1. The van der Waals surface area contributed by atoms with Crippen molar-refractivity contribution in [3.05, 3.63) is 0 Å². The lowest BCUT2D eigenvalue weighted by molar-refractivity contribution is -0.182. The summed E-state index contributed by atoms with van der Waals surface area (Å²) in [5.41, 5.74) is 0.